The third kappa shape index (κ3) is 2.76. The first-order chi connectivity index (χ1) is 10.5. The number of aryl methyl sites for hydroxylation is 2. The largest absolute Gasteiger partial charge is 0.464 e. The van der Waals surface area contributed by atoms with Crippen LogP contribution in [-0.4, -0.2) is 32.8 Å². The fourth-order valence-electron chi connectivity index (χ4n) is 2.22. The number of nitrogens with zero attached hydrogens (tertiary/aromatic N) is 4. The maximum absolute atomic E-state index is 11.9. The van der Waals surface area contributed by atoms with Crippen molar-refractivity contribution < 1.29 is 9.53 Å². The van der Waals surface area contributed by atoms with E-state index in [4.69, 9.17) is 16.3 Å². The van der Waals surface area contributed by atoms with Crippen LogP contribution in [0.25, 0.3) is 0 Å². The Bertz CT molecular complexity index is 739. The van der Waals surface area contributed by atoms with Crippen LogP contribution in [0.5, 0.6) is 0 Å². The third-order valence-corrected chi connectivity index (χ3v) is 3.77. The van der Waals surface area contributed by atoms with Gasteiger partial charge >= 0.3 is 5.97 Å². The maximum Gasteiger partial charge on any atom is 0.360 e. The lowest BCUT2D eigenvalue weighted by molar-refractivity contribution is 0.0595. The normalized spacial score (nSPS) is 14.0. The summed E-state index contributed by atoms with van der Waals surface area (Å²) in [5, 5.41) is 7.62. The van der Waals surface area contributed by atoms with E-state index in [2.05, 4.69) is 20.4 Å². The number of carbonyl (C=O) groups excluding carboxylic acids is 1. The molecule has 7 nitrogen and oxygen atoms in total. The Morgan fingerprint density at radius 2 is 2.18 bits per heavy atom. The number of ether oxygens (including phenoxy) is 1. The molecule has 0 bridgehead atoms. The van der Waals surface area contributed by atoms with E-state index in [0.717, 1.165) is 29.9 Å². The van der Waals surface area contributed by atoms with Gasteiger partial charge in [0.2, 0.25) is 0 Å². The molecule has 0 radical (unpaired) electrons. The lowest BCUT2D eigenvalue weighted by atomic mass is 10.3. The van der Waals surface area contributed by atoms with Crippen LogP contribution in [0.1, 0.15) is 40.6 Å². The minimum absolute atomic E-state index is 0.0696. The predicted molar refractivity (Wildman–Crippen MR) is 81.6 cm³/mol. The number of carbonyl (C=O) groups is 1. The zero-order valence-corrected chi connectivity index (χ0v) is 13.3. The van der Waals surface area contributed by atoms with Gasteiger partial charge in [0.1, 0.15) is 0 Å². The SMILES string of the molecule is COC(=O)c1nc(Cl)c(C2CC2)nc1Nc1cn(C)nc1C. The van der Waals surface area contributed by atoms with Crippen molar-refractivity contribution in [1.29, 1.82) is 0 Å². The quantitative estimate of drug-likeness (QED) is 0.872. The Morgan fingerprint density at radius 3 is 2.73 bits per heavy atom. The van der Waals surface area contributed by atoms with E-state index in [9.17, 15) is 4.79 Å². The van der Waals surface area contributed by atoms with E-state index < -0.39 is 5.97 Å². The summed E-state index contributed by atoms with van der Waals surface area (Å²) in [4.78, 5) is 20.6. The van der Waals surface area contributed by atoms with Crippen molar-refractivity contribution >= 4 is 29.1 Å². The summed E-state index contributed by atoms with van der Waals surface area (Å²) in [7, 11) is 3.12. The number of hydrogen-bond acceptors (Lipinski definition) is 6. The summed E-state index contributed by atoms with van der Waals surface area (Å²) in [5.41, 5.74) is 2.34. The van der Waals surface area contributed by atoms with Gasteiger partial charge in [0.25, 0.3) is 0 Å². The average molecular weight is 322 g/mol. The second kappa shape index (κ2) is 5.57. The highest BCUT2D eigenvalue weighted by atomic mass is 35.5. The number of nitrogens with one attached hydrogen (secondary N) is 1. The van der Waals surface area contributed by atoms with Gasteiger partial charge in [-0.05, 0) is 19.8 Å². The molecule has 22 heavy (non-hydrogen) atoms. The van der Waals surface area contributed by atoms with Crippen LogP contribution >= 0.6 is 11.6 Å². The summed E-state index contributed by atoms with van der Waals surface area (Å²) >= 11 is 6.15. The van der Waals surface area contributed by atoms with Crippen LogP contribution in [0.3, 0.4) is 0 Å². The molecular weight excluding hydrogens is 306 g/mol. The van der Waals surface area contributed by atoms with Crippen molar-refractivity contribution in [3.05, 3.63) is 28.4 Å². The number of hydrogen-bond donors (Lipinski definition) is 1. The highest BCUT2D eigenvalue weighted by molar-refractivity contribution is 6.30. The molecule has 3 rings (SSSR count). The van der Waals surface area contributed by atoms with Crippen LogP contribution in [0, 0.1) is 6.92 Å². The van der Waals surface area contributed by atoms with Crippen LogP contribution in [0.15, 0.2) is 6.20 Å². The molecule has 0 saturated heterocycles. The molecule has 1 fully saturated rings. The highest BCUT2D eigenvalue weighted by Crippen LogP contribution is 2.42. The Balaban J connectivity index is 2.04. The van der Waals surface area contributed by atoms with Gasteiger partial charge in [0, 0.05) is 19.2 Å². The molecule has 2 aromatic rings. The zero-order chi connectivity index (χ0) is 15.9. The first kappa shape index (κ1) is 14.8. The Hall–Kier alpha value is -2.15. The zero-order valence-electron chi connectivity index (χ0n) is 12.6. The fourth-order valence-corrected chi connectivity index (χ4v) is 2.50. The molecule has 0 spiro atoms. The topological polar surface area (TPSA) is 81.9 Å². The van der Waals surface area contributed by atoms with Gasteiger partial charge in [0.05, 0.1) is 24.2 Å². The molecule has 2 heterocycles. The second-order valence-corrected chi connectivity index (χ2v) is 5.65. The average Bonchev–Trinajstić information content (AvgIpc) is 3.26. The van der Waals surface area contributed by atoms with Gasteiger partial charge in [-0.1, -0.05) is 11.6 Å². The smallest absolute Gasteiger partial charge is 0.360 e. The third-order valence-electron chi connectivity index (χ3n) is 3.49. The molecule has 1 saturated carbocycles. The second-order valence-electron chi connectivity index (χ2n) is 5.29. The molecule has 2 aromatic heterocycles. The van der Waals surface area contributed by atoms with Crippen molar-refractivity contribution in [2.75, 3.05) is 12.4 Å². The van der Waals surface area contributed by atoms with Crippen molar-refractivity contribution in [3.63, 3.8) is 0 Å². The summed E-state index contributed by atoms with van der Waals surface area (Å²) in [6, 6.07) is 0. The first-order valence-corrected chi connectivity index (χ1v) is 7.30. The van der Waals surface area contributed by atoms with Gasteiger partial charge in [0.15, 0.2) is 16.7 Å². The Kier molecular flexibility index (Phi) is 3.74. The molecule has 0 aromatic carbocycles. The van der Waals surface area contributed by atoms with Crippen molar-refractivity contribution in [3.8, 4) is 0 Å². The molecule has 0 aliphatic heterocycles. The van der Waals surface area contributed by atoms with Gasteiger partial charge < -0.3 is 10.1 Å². The maximum atomic E-state index is 11.9. The molecule has 8 heteroatoms. The number of esters is 1. The molecular formula is C14H16ClN5O2. The Labute approximate surface area is 132 Å². The lowest BCUT2D eigenvalue weighted by Gasteiger charge is -2.11. The minimum atomic E-state index is -0.583. The summed E-state index contributed by atoms with van der Waals surface area (Å²) in [5.74, 6) is 0.0808. The van der Waals surface area contributed by atoms with Crippen molar-refractivity contribution in [2.24, 2.45) is 7.05 Å². The number of rotatable bonds is 4. The monoisotopic (exact) mass is 321 g/mol. The van der Waals surface area contributed by atoms with E-state index in [1.54, 1.807) is 4.68 Å². The lowest BCUT2D eigenvalue weighted by Crippen LogP contribution is -2.12. The molecule has 1 aliphatic rings. The standard InChI is InChI=1S/C14H16ClN5O2/c1-7-9(6-20(2)19-7)16-13-11(14(21)22-3)17-12(15)10(18-13)8-4-5-8/h6,8H,4-5H2,1-3H3,(H,16,18). The number of aromatic nitrogens is 4. The van der Waals surface area contributed by atoms with E-state index in [-0.39, 0.29) is 10.8 Å². The minimum Gasteiger partial charge on any atom is -0.464 e. The van der Waals surface area contributed by atoms with Crippen LogP contribution in [0.4, 0.5) is 11.5 Å². The summed E-state index contributed by atoms with van der Waals surface area (Å²) < 4.78 is 6.44. The molecule has 0 unspecified atom stereocenters. The number of halogens is 1. The van der Waals surface area contributed by atoms with Gasteiger partial charge in [-0.3, -0.25) is 4.68 Å². The fraction of sp³-hybridized carbons (Fsp3) is 0.429. The molecule has 116 valence electrons. The van der Waals surface area contributed by atoms with E-state index >= 15 is 0 Å². The van der Waals surface area contributed by atoms with Crippen LogP contribution < -0.4 is 5.32 Å². The molecule has 0 amide bonds. The van der Waals surface area contributed by atoms with Crippen LogP contribution in [-0.2, 0) is 11.8 Å². The predicted octanol–water partition coefficient (Wildman–Crippen LogP) is 2.58. The van der Waals surface area contributed by atoms with Gasteiger partial charge in [-0.25, -0.2) is 14.8 Å². The van der Waals surface area contributed by atoms with Crippen molar-refractivity contribution in [1.82, 2.24) is 19.7 Å². The Morgan fingerprint density at radius 1 is 1.45 bits per heavy atom. The molecule has 0 atom stereocenters. The number of methoxy groups -OCH3 is 1. The van der Waals surface area contributed by atoms with E-state index in [0.29, 0.717) is 11.7 Å². The van der Waals surface area contributed by atoms with Crippen molar-refractivity contribution in [2.45, 2.75) is 25.7 Å². The highest BCUT2D eigenvalue weighted by Gasteiger charge is 2.30. The summed E-state index contributed by atoms with van der Waals surface area (Å²) in [6.07, 6.45) is 3.89. The van der Waals surface area contributed by atoms with Gasteiger partial charge in [-0.2, -0.15) is 5.10 Å². The van der Waals surface area contributed by atoms with Gasteiger partial charge in [-0.15, -0.1) is 0 Å². The molecule has 1 N–H and O–H groups in total. The van der Waals surface area contributed by atoms with E-state index in [1.807, 2.05) is 20.2 Å². The number of anilines is 2. The molecule has 1 aliphatic carbocycles. The van der Waals surface area contributed by atoms with Crippen LogP contribution in [0.2, 0.25) is 5.15 Å². The first-order valence-electron chi connectivity index (χ1n) is 6.92. The summed E-state index contributed by atoms with van der Waals surface area (Å²) in [6.45, 7) is 1.87. The van der Waals surface area contributed by atoms with E-state index in [1.165, 1.54) is 7.11 Å².